The van der Waals surface area contributed by atoms with Gasteiger partial charge < -0.3 is 4.90 Å². The van der Waals surface area contributed by atoms with Gasteiger partial charge in [-0.2, -0.15) is 15.0 Å². The molecule has 1 fully saturated rings. The summed E-state index contributed by atoms with van der Waals surface area (Å²) >= 11 is 0. The highest BCUT2D eigenvalue weighted by Crippen LogP contribution is 2.29. The van der Waals surface area contributed by atoms with E-state index in [4.69, 9.17) is 0 Å². The van der Waals surface area contributed by atoms with Crippen molar-refractivity contribution < 1.29 is 4.79 Å². The van der Waals surface area contributed by atoms with Gasteiger partial charge in [-0.05, 0) is 24.1 Å². The van der Waals surface area contributed by atoms with E-state index in [1.54, 1.807) is 4.80 Å². The molecule has 1 aromatic heterocycles. The Bertz CT molecular complexity index is 779. The summed E-state index contributed by atoms with van der Waals surface area (Å²) in [7, 11) is 0. The third-order valence-corrected chi connectivity index (χ3v) is 4.06. The predicted octanol–water partition coefficient (Wildman–Crippen LogP) is 2.75. The van der Waals surface area contributed by atoms with Crippen LogP contribution in [-0.2, 0) is 11.3 Å². The van der Waals surface area contributed by atoms with Crippen molar-refractivity contribution in [2.75, 3.05) is 0 Å². The summed E-state index contributed by atoms with van der Waals surface area (Å²) in [6.45, 7) is 0.599. The molecule has 0 spiro atoms. The van der Waals surface area contributed by atoms with E-state index in [2.05, 4.69) is 10.2 Å². The molecular formula is C17H16N4O. The number of aromatic nitrogens is 3. The van der Waals surface area contributed by atoms with Crippen LogP contribution in [-0.4, -0.2) is 25.8 Å². The van der Waals surface area contributed by atoms with Crippen molar-refractivity contribution in [3.8, 4) is 0 Å². The Morgan fingerprint density at radius 2 is 1.59 bits per heavy atom. The van der Waals surface area contributed by atoms with Gasteiger partial charge in [0.15, 0.2) is 0 Å². The molecule has 1 amide bonds. The number of hydrogen-bond acceptors (Lipinski definition) is 3. The van der Waals surface area contributed by atoms with E-state index >= 15 is 0 Å². The van der Waals surface area contributed by atoms with Gasteiger partial charge in [0, 0.05) is 13.0 Å². The van der Waals surface area contributed by atoms with E-state index < -0.39 is 0 Å². The molecule has 1 unspecified atom stereocenters. The minimum absolute atomic E-state index is 0.0971. The lowest BCUT2D eigenvalue weighted by atomic mass is 10.2. The highest BCUT2D eigenvalue weighted by Gasteiger charge is 2.33. The predicted molar refractivity (Wildman–Crippen MR) is 82.8 cm³/mol. The summed E-state index contributed by atoms with van der Waals surface area (Å²) in [6.07, 6.45) is 1.21. The summed E-state index contributed by atoms with van der Waals surface area (Å²) in [6, 6.07) is 17.8. The Morgan fingerprint density at radius 3 is 2.27 bits per heavy atom. The zero-order valence-corrected chi connectivity index (χ0v) is 12.1. The number of amides is 1. The second-order valence-electron chi connectivity index (χ2n) is 5.54. The summed E-state index contributed by atoms with van der Waals surface area (Å²) in [5.74, 6) is 0.162. The van der Waals surface area contributed by atoms with Crippen molar-refractivity contribution in [2.45, 2.75) is 25.6 Å². The lowest BCUT2D eigenvalue weighted by Crippen LogP contribution is -2.31. The fraction of sp³-hybridized carbons (Fsp3) is 0.235. The van der Waals surface area contributed by atoms with Gasteiger partial charge in [0.1, 0.15) is 17.2 Å². The van der Waals surface area contributed by atoms with Crippen LogP contribution in [0.1, 0.15) is 24.6 Å². The van der Waals surface area contributed by atoms with Crippen LogP contribution in [0.5, 0.6) is 0 Å². The van der Waals surface area contributed by atoms with Gasteiger partial charge in [-0.3, -0.25) is 4.79 Å². The molecule has 5 heteroatoms. The monoisotopic (exact) mass is 292 g/mol. The normalized spacial score (nSPS) is 18.3. The topological polar surface area (TPSA) is 51.0 Å². The van der Waals surface area contributed by atoms with Crippen LogP contribution in [0.2, 0.25) is 0 Å². The Balaban J connectivity index is 1.66. The summed E-state index contributed by atoms with van der Waals surface area (Å²) in [4.78, 5) is 15.8. The number of carbonyl (C=O) groups excluding carboxylic acids is 1. The fourth-order valence-electron chi connectivity index (χ4n) is 2.94. The molecule has 3 aromatic rings. The first kappa shape index (κ1) is 13.0. The average molecular weight is 292 g/mol. The summed E-state index contributed by atoms with van der Waals surface area (Å²) in [5.41, 5.74) is 2.85. The van der Waals surface area contributed by atoms with Gasteiger partial charge in [0.2, 0.25) is 5.91 Å². The van der Waals surface area contributed by atoms with E-state index in [1.807, 2.05) is 59.5 Å². The number of fused-ring (bicyclic) bond motifs is 1. The molecule has 0 radical (unpaired) electrons. The number of benzene rings is 2. The molecule has 0 aliphatic carbocycles. The standard InChI is InChI=1S/C17H16N4O/c22-17-11-10-16(20(17)12-13-6-2-1-3-7-13)21-18-14-8-4-5-9-15(14)19-21/h1-9,16H,10-12H2. The molecule has 2 aromatic carbocycles. The lowest BCUT2D eigenvalue weighted by molar-refractivity contribution is -0.131. The first-order valence-electron chi connectivity index (χ1n) is 7.46. The average Bonchev–Trinajstić information content (AvgIpc) is 3.12. The maximum atomic E-state index is 12.2. The second kappa shape index (κ2) is 5.26. The third kappa shape index (κ3) is 2.24. The molecule has 110 valence electrons. The van der Waals surface area contributed by atoms with Crippen LogP contribution in [0.25, 0.3) is 11.0 Å². The van der Waals surface area contributed by atoms with Gasteiger partial charge in [-0.25, -0.2) is 0 Å². The van der Waals surface area contributed by atoms with Gasteiger partial charge in [-0.1, -0.05) is 42.5 Å². The van der Waals surface area contributed by atoms with Crippen LogP contribution in [0.3, 0.4) is 0 Å². The highest BCUT2D eigenvalue weighted by molar-refractivity contribution is 5.78. The minimum atomic E-state index is -0.0971. The molecule has 1 saturated heterocycles. The molecule has 1 aliphatic rings. The molecule has 5 nitrogen and oxygen atoms in total. The lowest BCUT2D eigenvalue weighted by Gasteiger charge is -2.24. The fourth-order valence-corrected chi connectivity index (χ4v) is 2.94. The van der Waals surface area contributed by atoms with Gasteiger partial charge in [0.05, 0.1) is 0 Å². The molecule has 2 heterocycles. The smallest absolute Gasteiger partial charge is 0.224 e. The Labute approximate surface area is 128 Å². The number of carbonyl (C=O) groups is 1. The Morgan fingerprint density at radius 1 is 0.955 bits per heavy atom. The van der Waals surface area contributed by atoms with Crippen molar-refractivity contribution in [1.82, 2.24) is 19.9 Å². The number of likely N-dealkylation sites (tertiary alicyclic amines) is 1. The van der Waals surface area contributed by atoms with Crippen LogP contribution >= 0.6 is 0 Å². The molecule has 1 aliphatic heterocycles. The molecule has 1 atom stereocenters. The van der Waals surface area contributed by atoms with Crippen molar-refractivity contribution >= 4 is 16.9 Å². The van der Waals surface area contributed by atoms with Crippen LogP contribution < -0.4 is 0 Å². The maximum Gasteiger partial charge on any atom is 0.224 e. The number of rotatable bonds is 3. The first-order chi connectivity index (χ1) is 10.8. The zero-order chi connectivity index (χ0) is 14.9. The van der Waals surface area contributed by atoms with Gasteiger partial charge >= 0.3 is 0 Å². The molecular weight excluding hydrogens is 276 g/mol. The van der Waals surface area contributed by atoms with Gasteiger partial charge in [-0.15, -0.1) is 0 Å². The zero-order valence-electron chi connectivity index (χ0n) is 12.1. The van der Waals surface area contributed by atoms with Crippen LogP contribution in [0, 0.1) is 0 Å². The van der Waals surface area contributed by atoms with Gasteiger partial charge in [0.25, 0.3) is 0 Å². The van der Waals surface area contributed by atoms with E-state index in [1.165, 1.54) is 0 Å². The summed E-state index contributed by atoms with van der Waals surface area (Å²) < 4.78 is 0. The number of hydrogen-bond donors (Lipinski definition) is 0. The molecule has 4 rings (SSSR count). The molecule has 0 saturated carbocycles. The second-order valence-corrected chi connectivity index (χ2v) is 5.54. The quantitative estimate of drug-likeness (QED) is 0.746. The number of nitrogens with zero attached hydrogens (tertiary/aromatic N) is 4. The Kier molecular flexibility index (Phi) is 3.11. The largest absolute Gasteiger partial charge is 0.314 e. The van der Waals surface area contributed by atoms with E-state index in [0.29, 0.717) is 13.0 Å². The molecule has 0 N–H and O–H groups in total. The van der Waals surface area contributed by atoms with Crippen molar-refractivity contribution in [1.29, 1.82) is 0 Å². The van der Waals surface area contributed by atoms with E-state index in [9.17, 15) is 4.79 Å². The summed E-state index contributed by atoms with van der Waals surface area (Å²) in [5, 5.41) is 9.07. The Hall–Kier alpha value is -2.69. The first-order valence-corrected chi connectivity index (χ1v) is 7.46. The maximum absolute atomic E-state index is 12.2. The van der Waals surface area contributed by atoms with Crippen LogP contribution in [0.4, 0.5) is 0 Å². The molecule has 22 heavy (non-hydrogen) atoms. The van der Waals surface area contributed by atoms with Crippen LogP contribution in [0.15, 0.2) is 54.6 Å². The van der Waals surface area contributed by atoms with Crippen molar-refractivity contribution in [3.63, 3.8) is 0 Å². The SMILES string of the molecule is O=C1CCC(n2nc3ccccc3n2)N1Cc1ccccc1. The van der Waals surface area contributed by atoms with Crippen molar-refractivity contribution in [2.24, 2.45) is 0 Å². The van der Waals surface area contributed by atoms with Crippen molar-refractivity contribution in [3.05, 3.63) is 60.2 Å². The third-order valence-electron chi connectivity index (χ3n) is 4.06. The van der Waals surface area contributed by atoms with E-state index in [0.717, 1.165) is 23.0 Å². The highest BCUT2D eigenvalue weighted by atomic mass is 16.2. The van der Waals surface area contributed by atoms with E-state index in [-0.39, 0.29) is 12.1 Å². The molecule has 0 bridgehead atoms. The minimum Gasteiger partial charge on any atom is -0.314 e.